The maximum Gasteiger partial charge on any atom is 0.326 e. The molecule has 33 heavy (non-hydrogen) atoms. The predicted octanol–water partition coefficient (Wildman–Crippen LogP) is 1.84. The van der Waals surface area contributed by atoms with Gasteiger partial charge >= 0.3 is 12.0 Å². The van der Waals surface area contributed by atoms with Crippen LogP contribution in [0.1, 0.15) is 36.2 Å². The van der Waals surface area contributed by atoms with Crippen molar-refractivity contribution in [3.63, 3.8) is 0 Å². The molecule has 10 nitrogen and oxygen atoms in total. The van der Waals surface area contributed by atoms with Crippen LogP contribution in [-0.2, 0) is 25.7 Å². The molecule has 1 saturated heterocycles. The van der Waals surface area contributed by atoms with Crippen molar-refractivity contribution >= 4 is 29.6 Å². The van der Waals surface area contributed by atoms with E-state index in [9.17, 15) is 24.4 Å². The third-order valence-electron chi connectivity index (χ3n) is 5.48. The number of carbonyl (C=O) groups excluding carboxylic acids is 4. The number of amides is 4. The summed E-state index contributed by atoms with van der Waals surface area (Å²) >= 11 is 0. The summed E-state index contributed by atoms with van der Waals surface area (Å²) < 4.78 is 6.77. The van der Waals surface area contributed by atoms with Crippen LogP contribution in [0.5, 0.6) is 0 Å². The number of nitrogens with zero attached hydrogens (tertiary/aromatic N) is 3. The zero-order chi connectivity index (χ0) is 24.3. The van der Waals surface area contributed by atoms with Crippen molar-refractivity contribution in [3.05, 3.63) is 52.7 Å². The van der Waals surface area contributed by atoms with Crippen molar-refractivity contribution in [3.8, 4) is 6.07 Å². The molecule has 2 N–H and O–H groups in total. The number of esters is 1. The Morgan fingerprint density at radius 2 is 1.85 bits per heavy atom. The first-order chi connectivity index (χ1) is 15.5. The Labute approximate surface area is 191 Å². The van der Waals surface area contributed by atoms with Gasteiger partial charge in [-0.15, -0.1) is 0 Å². The first-order valence-corrected chi connectivity index (χ1v) is 10.3. The molecule has 1 fully saturated rings. The van der Waals surface area contributed by atoms with Gasteiger partial charge in [0.15, 0.2) is 6.61 Å². The number of urea groups is 1. The minimum Gasteiger partial charge on any atom is -0.454 e. The van der Waals surface area contributed by atoms with Gasteiger partial charge in [-0.2, -0.15) is 5.26 Å². The summed E-state index contributed by atoms with van der Waals surface area (Å²) in [6.45, 7) is 5.89. The molecule has 0 radical (unpaired) electrons. The Bertz CT molecular complexity index is 1160. The van der Waals surface area contributed by atoms with Gasteiger partial charge in [-0.05, 0) is 38.8 Å². The average molecular weight is 451 g/mol. The van der Waals surface area contributed by atoms with E-state index in [1.54, 1.807) is 6.92 Å². The van der Waals surface area contributed by atoms with Gasteiger partial charge in [0, 0.05) is 12.2 Å². The second kappa shape index (κ2) is 9.16. The lowest BCUT2D eigenvalue weighted by Crippen LogP contribution is -2.41. The number of ether oxygens (including phenoxy) is 1. The zero-order valence-electron chi connectivity index (χ0n) is 18.9. The first kappa shape index (κ1) is 23.5. The van der Waals surface area contributed by atoms with Crippen molar-refractivity contribution in [2.75, 3.05) is 18.5 Å². The van der Waals surface area contributed by atoms with Gasteiger partial charge in [-0.25, -0.2) is 4.79 Å². The molecule has 2 heterocycles. The van der Waals surface area contributed by atoms with E-state index < -0.39 is 42.5 Å². The molecule has 1 aliphatic rings. The van der Waals surface area contributed by atoms with Crippen LogP contribution in [0.3, 0.4) is 0 Å². The molecule has 1 aliphatic heterocycles. The first-order valence-electron chi connectivity index (χ1n) is 10.3. The van der Waals surface area contributed by atoms with Crippen molar-refractivity contribution in [2.45, 2.75) is 39.8 Å². The summed E-state index contributed by atoms with van der Waals surface area (Å²) in [6, 6.07) is 11.0. The normalized spacial score (nSPS) is 14.6. The van der Waals surface area contributed by atoms with E-state index in [4.69, 9.17) is 4.74 Å². The highest BCUT2D eigenvalue weighted by Crippen LogP contribution is 2.27. The summed E-state index contributed by atoms with van der Waals surface area (Å²) in [6.07, 6.45) is 0. The number of nitrogens with one attached hydrogen (secondary N) is 2. The maximum atomic E-state index is 12.5. The zero-order valence-corrected chi connectivity index (χ0v) is 18.9. The number of hydrogen-bond acceptors (Lipinski definition) is 6. The molecule has 0 aliphatic carbocycles. The molecule has 0 bridgehead atoms. The van der Waals surface area contributed by atoms with Crippen LogP contribution in [0.4, 0.5) is 10.6 Å². The van der Waals surface area contributed by atoms with E-state index in [2.05, 4.69) is 16.7 Å². The number of carbonyl (C=O) groups is 4. The van der Waals surface area contributed by atoms with Crippen molar-refractivity contribution in [1.82, 2.24) is 14.8 Å². The summed E-state index contributed by atoms with van der Waals surface area (Å²) in [4.78, 5) is 49.4. The molecule has 0 unspecified atom stereocenters. The SMILES string of the molecule is Cc1c(C#N)c(NC(=O)COC(=O)CN2C(=O)NC(C)(C)C2=O)n(Cc2ccccc2)c1C. The minimum atomic E-state index is -1.11. The third kappa shape index (κ3) is 4.87. The fourth-order valence-corrected chi connectivity index (χ4v) is 3.54. The van der Waals surface area contributed by atoms with Gasteiger partial charge in [-0.3, -0.25) is 19.3 Å². The summed E-state index contributed by atoms with van der Waals surface area (Å²) in [5, 5.41) is 14.7. The largest absolute Gasteiger partial charge is 0.454 e. The van der Waals surface area contributed by atoms with Gasteiger partial charge in [0.25, 0.3) is 11.8 Å². The lowest BCUT2D eigenvalue weighted by Gasteiger charge is -2.15. The molecule has 0 saturated carbocycles. The topological polar surface area (TPSA) is 134 Å². The van der Waals surface area contributed by atoms with E-state index in [-0.39, 0.29) is 0 Å². The molecule has 1 aromatic heterocycles. The van der Waals surface area contributed by atoms with E-state index in [0.717, 1.165) is 21.7 Å². The van der Waals surface area contributed by atoms with Crippen molar-refractivity contribution < 1.29 is 23.9 Å². The molecular weight excluding hydrogens is 426 g/mol. The Morgan fingerprint density at radius 3 is 2.42 bits per heavy atom. The number of aromatic nitrogens is 1. The predicted molar refractivity (Wildman–Crippen MR) is 118 cm³/mol. The minimum absolute atomic E-state index is 0.313. The van der Waals surface area contributed by atoms with Crippen LogP contribution >= 0.6 is 0 Å². The highest BCUT2D eigenvalue weighted by molar-refractivity contribution is 6.08. The summed E-state index contributed by atoms with van der Waals surface area (Å²) in [7, 11) is 0. The van der Waals surface area contributed by atoms with E-state index in [1.165, 1.54) is 13.8 Å². The highest BCUT2D eigenvalue weighted by atomic mass is 16.5. The van der Waals surface area contributed by atoms with Gasteiger partial charge in [0.05, 0.1) is 5.56 Å². The van der Waals surface area contributed by atoms with Gasteiger partial charge in [-0.1, -0.05) is 30.3 Å². The van der Waals surface area contributed by atoms with Crippen molar-refractivity contribution in [2.24, 2.45) is 0 Å². The molecular formula is C23H25N5O5. The van der Waals surface area contributed by atoms with Crippen molar-refractivity contribution in [1.29, 1.82) is 5.26 Å². The third-order valence-corrected chi connectivity index (χ3v) is 5.48. The molecule has 3 rings (SSSR count). The molecule has 172 valence electrons. The van der Waals surface area contributed by atoms with Crippen LogP contribution in [0, 0.1) is 25.2 Å². The number of imide groups is 1. The lowest BCUT2D eigenvalue weighted by atomic mass is 10.1. The van der Waals surface area contributed by atoms with E-state index in [0.29, 0.717) is 17.9 Å². The number of rotatable bonds is 7. The maximum absolute atomic E-state index is 12.5. The number of benzene rings is 1. The highest BCUT2D eigenvalue weighted by Gasteiger charge is 2.45. The van der Waals surface area contributed by atoms with Crippen LogP contribution in [0.25, 0.3) is 0 Å². The standard InChI is InChI=1S/C23H25N5O5/c1-14-15(2)27(11-16-8-6-5-7-9-16)20(17(14)10-24)25-18(29)13-33-19(30)12-28-21(31)23(3,4)26-22(28)32/h5-9H,11-13H2,1-4H3,(H,25,29)(H,26,32). The number of anilines is 1. The Hall–Kier alpha value is -4.13. The van der Waals surface area contributed by atoms with E-state index in [1.807, 2.05) is 41.8 Å². The molecule has 2 aromatic rings. The average Bonchev–Trinajstić information content (AvgIpc) is 3.10. The number of nitriles is 1. The second-order valence-corrected chi connectivity index (χ2v) is 8.27. The fourth-order valence-electron chi connectivity index (χ4n) is 3.54. The molecule has 1 aromatic carbocycles. The summed E-state index contributed by atoms with van der Waals surface area (Å²) in [5.41, 5.74) is 1.76. The summed E-state index contributed by atoms with van der Waals surface area (Å²) in [5.74, 6) is -1.80. The lowest BCUT2D eigenvalue weighted by molar-refractivity contribution is -0.150. The molecule has 0 spiro atoms. The second-order valence-electron chi connectivity index (χ2n) is 8.27. The quantitative estimate of drug-likeness (QED) is 0.487. The molecule has 4 amide bonds. The van der Waals surface area contributed by atoms with Crippen LogP contribution in [-0.4, -0.2) is 52.0 Å². The Morgan fingerprint density at radius 1 is 1.18 bits per heavy atom. The van der Waals surface area contributed by atoms with Gasteiger partial charge < -0.3 is 19.9 Å². The van der Waals surface area contributed by atoms with Crippen LogP contribution in [0.15, 0.2) is 30.3 Å². The smallest absolute Gasteiger partial charge is 0.326 e. The fraction of sp³-hybridized carbons (Fsp3) is 0.348. The van der Waals surface area contributed by atoms with Gasteiger partial charge in [0.1, 0.15) is 24.0 Å². The molecule has 10 heteroatoms. The Kier molecular flexibility index (Phi) is 6.53. The van der Waals surface area contributed by atoms with Crippen LogP contribution in [0.2, 0.25) is 0 Å². The Balaban J connectivity index is 1.67. The van der Waals surface area contributed by atoms with Gasteiger partial charge in [0.2, 0.25) is 0 Å². The monoisotopic (exact) mass is 451 g/mol. The number of hydrogen-bond donors (Lipinski definition) is 2. The molecule has 0 atom stereocenters. The van der Waals surface area contributed by atoms with E-state index >= 15 is 0 Å². The van der Waals surface area contributed by atoms with Crippen LogP contribution < -0.4 is 10.6 Å².